The van der Waals surface area contributed by atoms with Gasteiger partial charge in [0.2, 0.25) is 5.88 Å². The molecule has 0 radical (unpaired) electrons. The smallest absolute Gasteiger partial charge is 0.276 e. The van der Waals surface area contributed by atoms with E-state index >= 15 is 0 Å². The Kier molecular flexibility index (Phi) is 3.57. The van der Waals surface area contributed by atoms with E-state index in [0.717, 1.165) is 10.0 Å². The van der Waals surface area contributed by atoms with Crippen molar-refractivity contribution in [3.05, 3.63) is 56.7 Å². The van der Waals surface area contributed by atoms with E-state index in [2.05, 4.69) is 20.9 Å². The average Bonchev–Trinajstić information content (AvgIpc) is 2.34. The summed E-state index contributed by atoms with van der Waals surface area (Å²) in [7, 11) is 0. The number of benzene rings is 1. The minimum absolute atomic E-state index is 0.0474. The quantitative estimate of drug-likeness (QED) is 0.638. The molecule has 2 aromatic rings. The Morgan fingerprint density at radius 2 is 2.11 bits per heavy atom. The SMILES string of the molecule is Cc1cc(Oc2cc([N+](=O)[O-])ccn2)ccc1Br. The van der Waals surface area contributed by atoms with E-state index in [1.807, 2.05) is 19.1 Å². The molecule has 1 aromatic heterocycles. The molecular formula is C12H9BrN2O3. The molecule has 0 atom stereocenters. The maximum absolute atomic E-state index is 10.6. The number of nitro groups is 1. The first kappa shape index (κ1) is 12.5. The molecule has 0 fully saturated rings. The zero-order chi connectivity index (χ0) is 13.1. The summed E-state index contributed by atoms with van der Waals surface area (Å²) < 4.78 is 6.44. The molecule has 92 valence electrons. The number of rotatable bonds is 3. The van der Waals surface area contributed by atoms with E-state index in [4.69, 9.17) is 4.74 Å². The first-order valence-electron chi connectivity index (χ1n) is 5.11. The molecule has 5 nitrogen and oxygen atoms in total. The standard InChI is InChI=1S/C12H9BrN2O3/c1-8-6-10(2-3-11(8)13)18-12-7-9(15(16)17)4-5-14-12/h2-7H,1H3. The van der Waals surface area contributed by atoms with Crippen molar-refractivity contribution in [2.24, 2.45) is 0 Å². The molecule has 0 amide bonds. The van der Waals surface area contributed by atoms with Crippen LogP contribution < -0.4 is 4.74 Å². The molecule has 0 aliphatic heterocycles. The summed E-state index contributed by atoms with van der Waals surface area (Å²) in [6, 6.07) is 8.04. The topological polar surface area (TPSA) is 65.3 Å². The van der Waals surface area contributed by atoms with Crippen LogP contribution in [0.15, 0.2) is 41.0 Å². The minimum Gasteiger partial charge on any atom is -0.439 e. The van der Waals surface area contributed by atoms with Crippen molar-refractivity contribution in [2.45, 2.75) is 6.92 Å². The van der Waals surface area contributed by atoms with E-state index < -0.39 is 4.92 Å². The van der Waals surface area contributed by atoms with E-state index in [1.165, 1.54) is 18.3 Å². The Hall–Kier alpha value is -1.95. The van der Waals surface area contributed by atoms with Crippen LogP contribution >= 0.6 is 15.9 Å². The highest BCUT2D eigenvalue weighted by Crippen LogP contribution is 2.26. The van der Waals surface area contributed by atoms with Gasteiger partial charge in [0.25, 0.3) is 5.69 Å². The van der Waals surface area contributed by atoms with Crippen molar-refractivity contribution in [3.8, 4) is 11.6 Å². The van der Waals surface area contributed by atoms with Crippen molar-refractivity contribution < 1.29 is 9.66 Å². The molecular weight excluding hydrogens is 300 g/mol. The van der Waals surface area contributed by atoms with Crippen LogP contribution in [0.2, 0.25) is 0 Å². The van der Waals surface area contributed by atoms with Gasteiger partial charge in [0.15, 0.2) is 0 Å². The monoisotopic (exact) mass is 308 g/mol. The fraction of sp³-hybridized carbons (Fsp3) is 0.0833. The minimum atomic E-state index is -0.485. The largest absolute Gasteiger partial charge is 0.439 e. The summed E-state index contributed by atoms with van der Waals surface area (Å²) >= 11 is 3.38. The molecule has 1 heterocycles. The average molecular weight is 309 g/mol. The van der Waals surface area contributed by atoms with Gasteiger partial charge in [0.1, 0.15) is 5.75 Å². The van der Waals surface area contributed by atoms with Crippen LogP contribution in [0.1, 0.15) is 5.56 Å². The molecule has 0 saturated carbocycles. The van der Waals surface area contributed by atoms with Gasteiger partial charge in [0.05, 0.1) is 11.0 Å². The summed E-state index contributed by atoms with van der Waals surface area (Å²) in [6.07, 6.45) is 1.35. The lowest BCUT2D eigenvalue weighted by Crippen LogP contribution is -1.92. The maximum atomic E-state index is 10.6. The Balaban J connectivity index is 2.25. The predicted octanol–water partition coefficient (Wildman–Crippen LogP) is 3.85. The third-order valence-electron chi connectivity index (χ3n) is 2.28. The molecule has 1 aromatic carbocycles. The maximum Gasteiger partial charge on any atom is 0.276 e. The number of pyridine rings is 1. The van der Waals surface area contributed by atoms with Crippen LogP contribution in [0.25, 0.3) is 0 Å². The van der Waals surface area contributed by atoms with Gasteiger partial charge in [-0.2, -0.15) is 0 Å². The fourth-order valence-corrected chi connectivity index (χ4v) is 1.62. The van der Waals surface area contributed by atoms with Crippen molar-refractivity contribution >= 4 is 21.6 Å². The number of ether oxygens (including phenoxy) is 1. The first-order chi connectivity index (χ1) is 8.56. The van der Waals surface area contributed by atoms with Gasteiger partial charge in [-0.25, -0.2) is 4.98 Å². The number of aryl methyl sites for hydroxylation is 1. The molecule has 0 bridgehead atoms. The van der Waals surface area contributed by atoms with Gasteiger partial charge < -0.3 is 4.74 Å². The Labute approximate surface area is 112 Å². The zero-order valence-corrected chi connectivity index (χ0v) is 11.0. The van der Waals surface area contributed by atoms with Gasteiger partial charge in [-0.1, -0.05) is 15.9 Å². The van der Waals surface area contributed by atoms with Crippen LogP contribution in [-0.2, 0) is 0 Å². The third kappa shape index (κ3) is 2.84. The zero-order valence-electron chi connectivity index (χ0n) is 9.46. The fourth-order valence-electron chi connectivity index (χ4n) is 1.37. The molecule has 18 heavy (non-hydrogen) atoms. The van der Waals surface area contributed by atoms with Crippen LogP contribution in [-0.4, -0.2) is 9.91 Å². The predicted molar refractivity (Wildman–Crippen MR) is 69.8 cm³/mol. The molecule has 0 spiro atoms. The highest BCUT2D eigenvalue weighted by atomic mass is 79.9. The summed E-state index contributed by atoms with van der Waals surface area (Å²) in [4.78, 5) is 14.1. The van der Waals surface area contributed by atoms with Crippen molar-refractivity contribution in [2.75, 3.05) is 0 Å². The van der Waals surface area contributed by atoms with E-state index in [1.54, 1.807) is 6.07 Å². The van der Waals surface area contributed by atoms with Crippen molar-refractivity contribution in [1.82, 2.24) is 4.98 Å². The number of hydrogen-bond donors (Lipinski definition) is 0. The van der Waals surface area contributed by atoms with E-state index in [9.17, 15) is 10.1 Å². The Morgan fingerprint density at radius 3 is 2.78 bits per heavy atom. The van der Waals surface area contributed by atoms with Gasteiger partial charge in [-0.05, 0) is 30.7 Å². The highest BCUT2D eigenvalue weighted by Gasteiger charge is 2.08. The van der Waals surface area contributed by atoms with Crippen LogP contribution in [0.5, 0.6) is 11.6 Å². The van der Waals surface area contributed by atoms with Crippen molar-refractivity contribution in [3.63, 3.8) is 0 Å². The summed E-state index contributed by atoms with van der Waals surface area (Å²) in [6.45, 7) is 1.93. The van der Waals surface area contributed by atoms with Gasteiger partial charge in [-0.3, -0.25) is 10.1 Å². The lowest BCUT2D eigenvalue weighted by atomic mass is 10.2. The number of hydrogen-bond acceptors (Lipinski definition) is 4. The van der Waals surface area contributed by atoms with E-state index in [-0.39, 0.29) is 11.6 Å². The molecule has 6 heteroatoms. The molecule has 0 aliphatic rings. The summed E-state index contributed by atoms with van der Waals surface area (Å²) in [5.74, 6) is 0.787. The second-order valence-electron chi connectivity index (χ2n) is 3.62. The van der Waals surface area contributed by atoms with Gasteiger partial charge >= 0.3 is 0 Å². The first-order valence-corrected chi connectivity index (χ1v) is 5.90. The van der Waals surface area contributed by atoms with Crippen LogP contribution in [0.4, 0.5) is 5.69 Å². The Morgan fingerprint density at radius 1 is 1.33 bits per heavy atom. The number of halogens is 1. The van der Waals surface area contributed by atoms with Gasteiger partial charge in [-0.15, -0.1) is 0 Å². The number of nitrogens with zero attached hydrogens (tertiary/aromatic N) is 2. The summed E-state index contributed by atoms with van der Waals surface area (Å²) in [5.41, 5.74) is 0.965. The molecule has 0 saturated heterocycles. The molecule has 0 unspecified atom stereocenters. The summed E-state index contributed by atoms with van der Waals surface area (Å²) in [5, 5.41) is 10.6. The second-order valence-corrected chi connectivity index (χ2v) is 4.48. The third-order valence-corrected chi connectivity index (χ3v) is 3.17. The lowest BCUT2D eigenvalue weighted by molar-refractivity contribution is -0.385. The lowest BCUT2D eigenvalue weighted by Gasteiger charge is -2.06. The van der Waals surface area contributed by atoms with E-state index in [0.29, 0.717) is 5.75 Å². The number of aromatic nitrogens is 1. The van der Waals surface area contributed by atoms with Crippen LogP contribution in [0, 0.1) is 17.0 Å². The molecule has 2 rings (SSSR count). The highest BCUT2D eigenvalue weighted by molar-refractivity contribution is 9.10. The second kappa shape index (κ2) is 5.14. The molecule has 0 N–H and O–H groups in total. The van der Waals surface area contributed by atoms with Crippen LogP contribution in [0.3, 0.4) is 0 Å². The Bertz CT molecular complexity index is 602. The molecule has 0 aliphatic carbocycles. The van der Waals surface area contributed by atoms with Gasteiger partial charge in [0, 0.05) is 16.7 Å². The van der Waals surface area contributed by atoms with Crippen molar-refractivity contribution in [1.29, 1.82) is 0 Å². The normalized spacial score (nSPS) is 10.1.